The predicted molar refractivity (Wildman–Crippen MR) is 153 cm³/mol. The first-order valence-corrected chi connectivity index (χ1v) is 13.0. The molecule has 1 unspecified atom stereocenters. The van der Waals surface area contributed by atoms with Crippen molar-refractivity contribution < 1.29 is 15.0 Å². The number of benzene rings is 1. The molecule has 10 nitrogen and oxygen atoms in total. The first-order valence-electron chi connectivity index (χ1n) is 13.0. The van der Waals surface area contributed by atoms with Crippen molar-refractivity contribution >= 4 is 22.5 Å². The van der Waals surface area contributed by atoms with Gasteiger partial charge in [-0.25, -0.2) is 9.97 Å². The van der Waals surface area contributed by atoms with Crippen LogP contribution in [-0.2, 0) is 13.1 Å². The van der Waals surface area contributed by atoms with Gasteiger partial charge in [-0.05, 0) is 71.3 Å². The summed E-state index contributed by atoms with van der Waals surface area (Å²) in [7, 11) is 5.59. The van der Waals surface area contributed by atoms with Gasteiger partial charge in [-0.15, -0.1) is 0 Å². The summed E-state index contributed by atoms with van der Waals surface area (Å²) in [5.74, 6) is -0.127. The number of phenolic OH excluding ortho intramolecular Hbond substituents is 1. The van der Waals surface area contributed by atoms with E-state index in [1.54, 1.807) is 42.4 Å². The van der Waals surface area contributed by atoms with Crippen LogP contribution in [0, 0.1) is 13.8 Å². The number of amides is 1. The Balaban J connectivity index is 1.65. The van der Waals surface area contributed by atoms with E-state index in [0.717, 1.165) is 29.2 Å². The second-order valence-electron chi connectivity index (χ2n) is 10.1. The normalized spacial score (nSPS) is 12.2. The highest BCUT2D eigenvalue weighted by molar-refractivity contribution is 6.07. The van der Waals surface area contributed by atoms with Crippen LogP contribution in [0.25, 0.3) is 22.3 Å². The van der Waals surface area contributed by atoms with E-state index in [1.807, 2.05) is 56.6 Å². The Morgan fingerprint density at radius 3 is 2.51 bits per heavy atom. The molecule has 0 aliphatic heterocycles. The summed E-state index contributed by atoms with van der Waals surface area (Å²) in [6.45, 7) is 8.04. The van der Waals surface area contributed by atoms with Gasteiger partial charge in [0.2, 0.25) is 0 Å². The average molecular weight is 532 g/mol. The lowest BCUT2D eigenvalue weighted by atomic mass is 10.0. The van der Waals surface area contributed by atoms with E-state index in [1.165, 1.54) is 0 Å². The summed E-state index contributed by atoms with van der Waals surface area (Å²) in [6.07, 6.45) is 1.29. The molecule has 3 N–H and O–H groups in total. The van der Waals surface area contributed by atoms with Crippen molar-refractivity contribution in [3.63, 3.8) is 0 Å². The number of phenols is 1. The van der Waals surface area contributed by atoms with Crippen LogP contribution in [0.3, 0.4) is 0 Å². The number of rotatable bonds is 10. The molecule has 4 rings (SSSR count). The Bertz CT molecular complexity index is 1480. The maximum Gasteiger partial charge on any atom is 0.254 e. The fourth-order valence-electron chi connectivity index (χ4n) is 4.62. The number of aliphatic hydroxyl groups excluding tert-OH is 1. The van der Waals surface area contributed by atoms with Crippen molar-refractivity contribution in [2.24, 2.45) is 0 Å². The summed E-state index contributed by atoms with van der Waals surface area (Å²) in [5, 5.41) is 28.6. The van der Waals surface area contributed by atoms with Crippen LogP contribution in [0.1, 0.15) is 34.2 Å². The molecule has 10 heteroatoms. The lowest BCUT2D eigenvalue weighted by molar-refractivity contribution is 0.0786. The van der Waals surface area contributed by atoms with Gasteiger partial charge in [0.1, 0.15) is 5.75 Å². The van der Waals surface area contributed by atoms with Crippen LogP contribution in [-0.4, -0.2) is 86.0 Å². The highest BCUT2D eigenvalue weighted by Crippen LogP contribution is 2.29. The van der Waals surface area contributed by atoms with Gasteiger partial charge in [0.25, 0.3) is 5.91 Å². The topological polar surface area (TPSA) is 120 Å². The number of nitrogens with zero attached hydrogens (tertiary/aromatic N) is 6. The number of hydrogen-bond acceptors (Lipinski definition) is 8. The van der Waals surface area contributed by atoms with E-state index in [0.29, 0.717) is 47.5 Å². The summed E-state index contributed by atoms with van der Waals surface area (Å²) in [6, 6.07) is 10.3. The van der Waals surface area contributed by atoms with E-state index in [9.17, 15) is 15.0 Å². The first kappa shape index (κ1) is 28.0. The van der Waals surface area contributed by atoms with Gasteiger partial charge >= 0.3 is 0 Å². The molecule has 1 amide bonds. The molecule has 0 saturated heterocycles. The molecule has 1 atom stereocenters. The summed E-state index contributed by atoms with van der Waals surface area (Å²) in [5.41, 5.74) is 5.78. The fourth-order valence-corrected chi connectivity index (χ4v) is 4.62. The van der Waals surface area contributed by atoms with Gasteiger partial charge < -0.3 is 25.3 Å². The lowest BCUT2D eigenvalue weighted by Crippen LogP contribution is -2.31. The van der Waals surface area contributed by atoms with Crippen molar-refractivity contribution in [1.29, 1.82) is 0 Å². The number of carbonyl (C=O) groups is 1. The zero-order valence-corrected chi connectivity index (χ0v) is 23.4. The number of fused-ring (bicyclic) bond motifs is 1. The zero-order valence-electron chi connectivity index (χ0n) is 23.4. The molecule has 0 bridgehead atoms. The number of hydrogen-bond donors (Lipinski definition) is 3. The van der Waals surface area contributed by atoms with Gasteiger partial charge in [-0.3, -0.25) is 9.48 Å². The maximum absolute atomic E-state index is 13.7. The molecule has 0 spiro atoms. The van der Waals surface area contributed by atoms with Gasteiger partial charge in [0.05, 0.1) is 46.2 Å². The molecule has 0 aliphatic rings. The molecule has 39 heavy (non-hydrogen) atoms. The van der Waals surface area contributed by atoms with Crippen LogP contribution < -0.4 is 5.32 Å². The number of carbonyl (C=O) groups excluding carboxylic acids is 1. The number of anilines is 1. The third-order valence-electron chi connectivity index (χ3n) is 6.73. The average Bonchev–Trinajstić information content (AvgIpc) is 3.25. The summed E-state index contributed by atoms with van der Waals surface area (Å²) < 4.78 is 1.90. The third-order valence-corrected chi connectivity index (χ3v) is 6.73. The van der Waals surface area contributed by atoms with Gasteiger partial charge in [0, 0.05) is 49.9 Å². The maximum atomic E-state index is 13.7. The molecule has 0 aliphatic carbocycles. The van der Waals surface area contributed by atoms with E-state index in [4.69, 9.17) is 9.97 Å². The Hall–Kier alpha value is -4.02. The van der Waals surface area contributed by atoms with Crippen LogP contribution in [0.5, 0.6) is 5.75 Å². The standard InChI is InChI=1S/C29H37N7O3/c1-7-36-19(3)20(14-31-36)16-35(6)29(39)24-13-28(33-26-9-8-21(37)12-23(24)26)27-11-10-25(18(2)32-27)30-15-22(38)17-34(4)5/h8-14,22,30,37-38H,7,15-17H2,1-6H3. The molecular weight excluding hydrogens is 494 g/mol. The van der Waals surface area contributed by atoms with Crippen molar-refractivity contribution in [2.75, 3.05) is 39.5 Å². The Kier molecular flexibility index (Phi) is 8.47. The number of pyridine rings is 2. The second kappa shape index (κ2) is 11.8. The van der Waals surface area contributed by atoms with E-state index >= 15 is 0 Å². The van der Waals surface area contributed by atoms with Crippen LogP contribution in [0.2, 0.25) is 0 Å². The molecular formula is C29H37N7O3. The van der Waals surface area contributed by atoms with Crippen molar-refractivity contribution in [3.05, 3.63) is 65.1 Å². The molecule has 3 aromatic heterocycles. The quantitative estimate of drug-likeness (QED) is 0.285. The Morgan fingerprint density at radius 1 is 1.08 bits per heavy atom. The molecule has 0 saturated carbocycles. The van der Waals surface area contributed by atoms with Crippen LogP contribution >= 0.6 is 0 Å². The number of aryl methyl sites for hydroxylation is 2. The minimum atomic E-state index is -0.511. The highest BCUT2D eigenvalue weighted by Gasteiger charge is 2.20. The van der Waals surface area contributed by atoms with Gasteiger partial charge in [0.15, 0.2) is 0 Å². The number of nitrogens with one attached hydrogen (secondary N) is 1. The molecule has 206 valence electrons. The molecule has 1 aromatic carbocycles. The van der Waals surface area contributed by atoms with Crippen molar-refractivity contribution in [1.82, 2.24) is 29.5 Å². The Morgan fingerprint density at radius 2 is 1.85 bits per heavy atom. The fraction of sp³-hybridized carbons (Fsp3) is 0.379. The molecule has 4 aromatic rings. The van der Waals surface area contributed by atoms with E-state index in [-0.39, 0.29) is 11.7 Å². The predicted octanol–water partition coefficient (Wildman–Crippen LogP) is 3.44. The summed E-state index contributed by atoms with van der Waals surface area (Å²) in [4.78, 5) is 26.8. The minimum Gasteiger partial charge on any atom is -0.508 e. The van der Waals surface area contributed by atoms with Gasteiger partial charge in [-0.1, -0.05) is 0 Å². The van der Waals surface area contributed by atoms with Crippen LogP contribution in [0.4, 0.5) is 5.69 Å². The number of aromatic hydroxyl groups is 1. The SMILES string of the molecule is CCn1ncc(CN(C)C(=O)c2cc(-c3ccc(NCC(O)CN(C)C)c(C)n3)nc3ccc(O)cc23)c1C. The minimum absolute atomic E-state index is 0.0645. The molecule has 0 fully saturated rings. The second-order valence-corrected chi connectivity index (χ2v) is 10.1. The Labute approximate surface area is 228 Å². The summed E-state index contributed by atoms with van der Waals surface area (Å²) >= 11 is 0. The molecule has 0 radical (unpaired) electrons. The lowest BCUT2D eigenvalue weighted by Gasteiger charge is -2.19. The van der Waals surface area contributed by atoms with Crippen molar-refractivity contribution in [2.45, 2.75) is 40.0 Å². The van der Waals surface area contributed by atoms with E-state index in [2.05, 4.69) is 10.4 Å². The number of aliphatic hydroxyl groups is 1. The first-order chi connectivity index (χ1) is 18.6. The number of aromatic nitrogens is 4. The van der Waals surface area contributed by atoms with Crippen molar-refractivity contribution in [3.8, 4) is 17.1 Å². The van der Waals surface area contributed by atoms with E-state index < -0.39 is 6.10 Å². The third kappa shape index (κ3) is 6.35. The number of likely N-dealkylation sites (N-methyl/N-ethyl adjacent to an activating group) is 1. The van der Waals surface area contributed by atoms with Crippen LogP contribution in [0.15, 0.2) is 42.6 Å². The highest BCUT2D eigenvalue weighted by atomic mass is 16.3. The largest absolute Gasteiger partial charge is 0.508 e. The zero-order chi connectivity index (χ0) is 28.3. The molecule has 3 heterocycles. The smallest absolute Gasteiger partial charge is 0.254 e. The monoisotopic (exact) mass is 531 g/mol. The van der Waals surface area contributed by atoms with Gasteiger partial charge in [-0.2, -0.15) is 5.10 Å².